The highest BCUT2D eigenvalue weighted by Crippen LogP contribution is 2.33. The minimum atomic E-state index is -3.74. The van der Waals surface area contributed by atoms with Gasteiger partial charge >= 0.3 is 0 Å². The summed E-state index contributed by atoms with van der Waals surface area (Å²) in [5.41, 5.74) is 6.32. The number of hydrogen-bond donors (Lipinski definition) is 2. The Balaban J connectivity index is 2.24. The molecule has 1 saturated carbocycles. The van der Waals surface area contributed by atoms with E-state index in [0.29, 0.717) is 17.4 Å². The van der Waals surface area contributed by atoms with E-state index in [-0.39, 0.29) is 11.0 Å². The van der Waals surface area contributed by atoms with Crippen LogP contribution in [0.1, 0.15) is 39.0 Å². The number of hydrogen-bond acceptors (Lipinski definition) is 4. The summed E-state index contributed by atoms with van der Waals surface area (Å²) in [6, 6.07) is 4.35. The van der Waals surface area contributed by atoms with E-state index in [4.69, 9.17) is 15.6 Å². The normalized spacial score (nSPS) is 23.5. The van der Waals surface area contributed by atoms with Gasteiger partial charge in [0.2, 0.25) is 10.0 Å². The van der Waals surface area contributed by atoms with Crippen molar-refractivity contribution in [2.45, 2.75) is 50.0 Å². The molecule has 0 radical (unpaired) electrons. The Kier molecular flexibility index (Phi) is 4.55. The van der Waals surface area contributed by atoms with Gasteiger partial charge in [-0.05, 0) is 43.7 Å². The lowest BCUT2D eigenvalue weighted by Gasteiger charge is -2.31. The minimum absolute atomic E-state index is 0.0329. The first kappa shape index (κ1) is 15.1. The van der Waals surface area contributed by atoms with Crippen LogP contribution in [0.4, 0.5) is 5.69 Å². The number of primary sulfonamides is 1. The minimum Gasteiger partial charge on any atom is -0.488 e. The molecule has 4 N–H and O–H groups in total. The van der Waals surface area contributed by atoms with Gasteiger partial charge in [0.25, 0.3) is 0 Å². The standard InChI is InChI=1S/C14H22N2O3S/c1-2-10-5-3-4-6-13(10)19-14-9-11(20(16,17)18)7-8-12(14)15/h7-10,13H,2-6,15H2,1H3,(H2,16,17,18). The third-order valence-corrected chi connectivity index (χ3v) is 4.87. The van der Waals surface area contributed by atoms with Crippen molar-refractivity contribution >= 4 is 15.7 Å². The number of sulfonamides is 1. The first-order valence-corrected chi connectivity index (χ1v) is 8.55. The Hall–Kier alpha value is -1.27. The van der Waals surface area contributed by atoms with Crippen molar-refractivity contribution in [1.29, 1.82) is 0 Å². The van der Waals surface area contributed by atoms with Crippen molar-refractivity contribution < 1.29 is 13.2 Å². The average Bonchev–Trinajstić information content (AvgIpc) is 2.40. The van der Waals surface area contributed by atoms with Crippen molar-refractivity contribution in [2.75, 3.05) is 5.73 Å². The molecule has 2 atom stereocenters. The van der Waals surface area contributed by atoms with Crippen LogP contribution < -0.4 is 15.6 Å². The molecule has 1 aliphatic rings. The second-order valence-corrected chi connectivity index (χ2v) is 6.92. The molecule has 1 aromatic rings. The quantitative estimate of drug-likeness (QED) is 0.833. The summed E-state index contributed by atoms with van der Waals surface area (Å²) in [4.78, 5) is 0.0329. The third kappa shape index (κ3) is 3.43. The van der Waals surface area contributed by atoms with Gasteiger partial charge in [-0.1, -0.05) is 13.3 Å². The Morgan fingerprint density at radius 3 is 2.65 bits per heavy atom. The van der Waals surface area contributed by atoms with Crippen molar-refractivity contribution in [3.05, 3.63) is 18.2 Å². The van der Waals surface area contributed by atoms with E-state index in [1.807, 2.05) is 0 Å². The third-order valence-electron chi connectivity index (χ3n) is 3.96. The number of anilines is 1. The lowest BCUT2D eigenvalue weighted by atomic mass is 9.85. The van der Waals surface area contributed by atoms with Crippen LogP contribution in [0.3, 0.4) is 0 Å². The summed E-state index contributed by atoms with van der Waals surface area (Å²) >= 11 is 0. The predicted octanol–water partition coefficient (Wildman–Crippen LogP) is 2.26. The maximum absolute atomic E-state index is 11.4. The van der Waals surface area contributed by atoms with Gasteiger partial charge in [-0.15, -0.1) is 0 Å². The molecule has 0 aromatic heterocycles. The second kappa shape index (κ2) is 6.01. The fourth-order valence-corrected chi connectivity index (χ4v) is 3.28. The van der Waals surface area contributed by atoms with E-state index < -0.39 is 10.0 Å². The number of benzene rings is 1. The maximum Gasteiger partial charge on any atom is 0.238 e. The van der Waals surface area contributed by atoms with Gasteiger partial charge in [0.1, 0.15) is 11.9 Å². The Labute approximate surface area is 120 Å². The molecule has 1 aromatic carbocycles. The Morgan fingerprint density at radius 2 is 2.00 bits per heavy atom. The molecule has 6 heteroatoms. The fraction of sp³-hybridized carbons (Fsp3) is 0.571. The van der Waals surface area contributed by atoms with Crippen LogP contribution in [0.2, 0.25) is 0 Å². The highest BCUT2D eigenvalue weighted by Gasteiger charge is 2.26. The van der Waals surface area contributed by atoms with Gasteiger partial charge in [-0.25, -0.2) is 13.6 Å². The lowest BCUT2D eigenvalue weighted by Crippen LogP contribution is -2.30. The summed E-state index contributed by atoms with van der Waals surface area (Å²) < 4.78 is 28.8. The molecule has 0 aliphatic heterocycles. The van der Waals surface area contributed by atoms with Crippen molar-refractivity contribution in [2.24, 2.45) is 11.1 Å². The average molecular weight is 298 g/mol. The number of nitrogens with two attached hydrogens (primary N) is 2. The van der Waals surface area contributed by atoms with Crippen LogP contribution in [-0.4, -0.2) is 14.5 Å². The molecule has 0 amide bonds. The van der Waals surface area contributed by atoms with Crippen LogP contribution in [0, 0.1) is 5.92 Å². The number of ether oxygens (including phenoxy) is 1. The SMILES string of the molecule is CCC1CCCCC1Oc1cc(S(N)(=O)=O)ccc1N. The van der Waals surface area contributed by atoms with Gasteiger partial charge in [0.15, 0.2) is 0 Å². The van der Waals surface area contributed by atoms with E-state index in [1.54, 1.807) is 0 Å². The van der Waals surface area contributed by atoms with E-state index in [2.05, 4.69) is 6.92 Å². The molecule has 0 heterocycles. The topological polar surface area (TPSA) is 95.4 Å². The molecular weight excluding hydrogens is 276 g/mol. The summed E-state index contributed by atoms with van der Waals surface area (Å²) in [6.45, 7) is 2.15. The highest BCUT2D eigenvalue weighted by molar-refractivity contribution is 7.89. The first-order chi connectivity index (χ1) is 9.41. The van der Waals surface area contributed by atoms with Crippen LogP contribution in [-0.2, 0) is 10.0 Å². The van der Waals surface area contributed by atoms with Crippen LogP contribution in [0.5, 0.6) is 5.75 Å². The summed E-state index contributed by atoms with van der Waals surface area (Å²) in [5, 5.41) is 5.14. The molecule has 1 aliphatic carbocycles. The van der Waals surface area contributed by atoms with E-state index in [9.17, 15) is 8.42 Å². The highest BCUT2D eigenvalue weighted by atomic mass is 32.2. The van der Waals surface area contributed by atoms with Crippen LogP contribution in [0.25, 0.3) is 0 Å². The number of nitrogen functional groups attached to an aromatic ring is 1. The molecule has 1 fully saturated rings. The Bertz CT molecular complexity index is 572. The van der Waals surface area contributed by atoms with Gasteiger partial charge < -0.3 is 10.5 Å². The van der Waals surface area contributed by atoms with E-state index >= 15 is 0 Å². The van der Waals surface area contributed by atoms with Crippen LogP contribution in [0.15, 0.2) is 23.1 Å². The molecule has 112 valence electrons. The zero-order valence-electron chi connectivity index (χ0n) is 11.7. The maximum atomic E-state index is 11.4. The van der Waals surface area contributed by atoms with Crippen LogP contribution >= 0.6 is 0 Å². The molecular formula is C14H22N2O3S. The van der Waals surface area contributed by atoms with Crippen molar-refractivity contribution in [1.82, 2.24) is 0 Å². The summed E-state index contributed by atoms with van der Waals surface area (Å²) in [6.07, 6.45) is 5.65. The van der Waals surface area contributed by atoms with E-state index in [0.717, 1.165) is 25.7 Å². The Morgan fingerprint density at radius 1 is 1.30 bits per heavy atom. The fourth-order valence-electron chi connectivity index (χ4n) is 2.75. The zero-order valence-corrected chi connectivity index (χ0v) is 12.5. The van der Waals surface area contributed by atoms with Gasteiger partial charge in [-0.3, -0.25) is 0 Å². The largest absolute Gasteiger partial charge is 0.488 e. The molecule has 0 spiro atoms. The molecule has 20 heavy (non-hydrogen) atoms. The monoisotopic (exact) mass is 298 g/mol. The second-order valence-electron chi connectivity index (χ2n) is 5.35. The summed E-state index contributed by atoms with van der Waals surface area (Å²) in [5.74, 6) is 0.920. The number of rotatable bonds is 4. The van der Waals surface area contributed by atoms with Crippen molar-refractivity contribution in [3.63, 3.8) is 0 Å². The zero-order chi connectivity index (χ0) is 14.8. The van der Waals surface area contributed by atoms with Gasteiger partial charge in [-0.2, -0.15) is 0 Å². The predicted molar refractivity (Wildman–Crippen MR) is 78.9 cm³/mol. The molecule has 2 rings (SSSR count). The van der Waals surface area contributed by atoms with Gasteiger partial charge in [0.05, 0.1) is 10.6 Å². The lowest BCUT2D eigenvalue weighted by molar-refractivity contribution is 0.0909. The molecule has 2 unspecified atom stereocenters. The first-order valence-electron chi connectivity index (χ1n) is 7.00. The summed E-state index contributed by atoms with van der Waals surface area (Å²) in [7, 11) is -3.74. The molecule has 0 saturated heterocycles. The smallest absolute Gasteiger partial charge is 0.238 e. The molecule has 5 nitrogen and oxygen atoms in total. The van der Waals surface area contributed by atoms with Gasteiger partial charge in [0, 0.05) is 6.07 Å². The molecule has 0 bridgehead atoms. The van der Waals surface area contributed by atoms with E-state index in [1.165, 1.54) is 24.6 Å². The van der Waals surface area contributed by atoms with Crippen molar-refractivity contribution in [3.8, 4) is 5.75 Å².